The summed E-state index contributed by atoms with van der Waals surface area (Å²) in [6, 6.07) is 9.66. The number of carbonyl (C=O) groups excluding carboxylic acids is 1. The van der Waals surface area contributed by atoms with Crippen molar-refractivity contribution in [2.45, 2.75) is 50.9 Å². The smallest absolute Gasteiger partial charge is 0.410 e. The molecule has 1 aliphatic carbocycles. The minimum atomic E-state index is -0.395. The molecule has 4 nitrogen and oxygen atoms in total. The summed E-state index contributed by atoms with van der Waals surface area (Å²) in [4.78, 5) is 14.1. The minimum Gasteiger partial charge on any atom is -0.445 e. The Balaban J connectivity index is 1.62. The summed E-state index contributed by atoms with van der Waals surface area (Å²) in [6.07, 6.45) is 4.42. The first-order valence-electron chi connectivity index (χ1n) is 7.91. The number of aliphatic hydroxyl groups is 1. The van der Waals surface area contributed by atoms with Crippen molar-refractivity contribution in [1.29, 1.82) is 0 Å². The maximum atomic E-state index is 12.4. The first kappa shape index (κ1) is 14.4. The molecule has 0 radical (unpaired) electrons. The van der Waals surface area contributed by atoms with Crippen LogP contribution in [0, 0.1) is 5.92 Å². The van der Waals surface area contributed by atoms with Crippen molar-refractivity contribution >= 4 is 6.09 Å². The molecule has 4 heteroatoms. The molecule has 0 bridgehead atoms. The van der Waals surface area contributed by atoms with Crippen LogP contribution in [0.4, 0.5) is 4.79 Å². The monoisotopic (exact) mass is 289 g/mol. The normalized spacial score (nSPS) is 28.8. The highest BCUT2D eigenvalue weighted by atomic mass is 16.6. The van der Waals surface area contributed by atoms with Gasteiger partial charge in [-0.25, -0.2) is 4.79 Å². The van der Waals surface area contributed by atoms with Crippen LogP contribution in [-0.4, -0.2) is 34.8 Å². The van der Waals surface area contributed by atoms with Crippen LogP contribution in [-0.2, 0) is 11.3 Å². The predicted octanol–water partition coefficient (Wildman–Crippen LogP) is 2.95. The molecule has 3 rings (SSSR count). The number of amides is 1. The number of fused-ring (bicyclic) bond motifs is 1. The topological polar surface area (TPSA) is 49.8 Å². The van der Waals surface area contributed by atoms with Crippen LogP contribution in [0.2, 0.25) is 0 Å². The first-order valence-corrected chi connectivity index (χ1v) is 7.91. The zero-order chi connectivity index (χ0) is 14.7. The number of rotatable bonds is 2. The number of benzene rings is 1. The molecule has 1 N–H and O–H groups in total. The minimum absolute atomic E-state index is 0.0456. The van der Waals surface area contributed by atoms with Gasteiger partial charge in [-0.05, 0) is 37.2 Å². The molecule has 2 aliphatic rings. The van der Waals surface area contributed by atoms with Gasteiger partial charge in [-0.2, -0.15) is 0 Å². The van der Waals surface area contributed by atoms with Gasteiger partial charge in [0.05, 0.1) is 12.1 Å². The number of hydrogen-bond acceptors (Lipinski definition) is 3. The maximum Gasteiger partial charge on any atom is 0.410 e. The lowest BCUT2D eigenvalue weighted by Gasteiger charge is -2.45. The van der Waals surface area contributed by atoms with Gasteiger partial charge in [0.1, 0.15) is 6.61 Å². The second-order valence-electron chi connectivity index (χ2n) is 6.12. The summed E-state index contributed by atoms with van der Waals surface area (Å²) < 4.78 is 5.44. The largest absolute Gasteiger partial charge is 0.445 e. The highest BCUT2D eigenvalue weighted by Crippen LogP contribution is 2.35. The molecule has 1 aliphatic heterocycles. The van der Waals surface area contributed by atoms with E-state index in [9.17, 15) is 9.90 Å². The molecule has 1 amide bonds. The lowest BCUT2D eigenvalue weighted by Crippen LogP contribution is -2.55. The summed E-state index contributed by atoms with van der Waals surface area (Å²) in [5.41, 5.74) is 0.989. The van der Waals surface area contributed by atoms with Gasteiger partial charge in [-0.15, -0.1) is 0 Å². The zero-order valence-electron chi connectivity index (χ0n) is 12.3. The Morgan fingerprint density at radius 3 is 2.76 bits per heavy atom. The number of carbonyl (C=O) groups is 1. The number of aliphatic hydroxyl groups excluding tert-OH is 1. The van der Waals surface area contributed by atoms with Gasteiger partial charge in [0, 0.05) is 6.54 Å². The van der Waals surface area contributed by atoms with Crippen molar-refractivity contribution < 1.29 is 14.6 Å². The third-order valence-electron chi connectivity index (χ3n) is 4.73. The fourth-order valence-electron chi connectivity index (χ4n) is 3.71. The van der Waals surface area contributed by atoms with E-state index in [-0.39, 0.29) is 12.1 Å². The Labute approximate surface area is 125 Å². The Morgan fingerprint density at radius 1 is 1.19 bits per heavy atom. The SMILES string of the molecule is O=C(OCc1ccccc1)N1CCCC2CCCC(O)C21. The quantitative estimate of drug-likeness (QED) is 0.910. The fourth-order valence-corrected chi connectivity index (χ4v) is 3.71. The summed E-state index contributed by atoms with van der Waals surface area (Å²) in [7, 11) is 0. The van der Waals surface area contributed by atoms with Crippen molar-refractivity contribution in [3.05, 3.63) is 35.9 Å². The van der Waals surface area contributed by atoms with Gasteiger partial charge in [0.25, 0.3) is 0 Å². The number of hydrogen-bond donors (Lipinski definition) is 1. The molecule has 2 fully saturated rings. The van der Waals surface area contributed by atoms with Crippen LogP contribution >= 0.6 is 0 Å². The first-order chi connectivity index (χ1) is 10.3. The van der Waals surface area contributed by atoms with E-state index in [1.807, 2.05) is 30.3 Å². The number of nitrogens with zero attached hydrogens (tertiary/aromatic N) is 1. The van der Waals surface area contributed by atoms with E-state index >= 15 is 0 Å². The van der Waals surface area contributed by atoms with Gasteiger partial charge in [0.2, 0.25) is 0 Å². The maximum absolute atomic E-state index is 12.4. The molecule has 1 aromatic carbocycles. The van der Waals surface area contributed by atoms with Gasteiger partial charge in [0.15, 0.2) is 0 Å². The Kier molecular flexibility index (Phi) is 4.44. The molecule has 21 heavy (non-hydrogen) atoms. The third-order valence-corrected chi connectivity index (χ3v) is 4.73. The van der Waals surface area contributed by atoms with Gasteiger partial charge in [-0.3, -0.25) is 0 Å². The molecule has 114 valence electrons. The van der Waals surface area contributed by atoms with E-state index in [0.717, 1.165) is 37.7 Å². The summed E-state index contributed by atoms with van der Waals surface area (Å²) in [5, 5.41) is 10.3. The average Bonchev–Trinajstić information content (AvgIpc) is 2.53. The van der Waals surface area contributed by atoms with Gasteiger partial charge >= 0.3 is 6.09 Å². The second-order valence-corrected chi connectivity index (χ2v) is 6.12. The van der Waals surface area contributed by atoms with Gasteiger partial charge < -0.3 is 14.7 Å². The molecule has 0 aromatic heterocycles. The predicted molar refractivity (Wildman–Crippen MR) is 79.7 cm³/mol. The number of ether oxygens (including phenoxy) is 1. The molecule has 1 heterocycles. The third kappa shape index (κ3) is 3.21. The molecule has 1 saturated heterocycles. The zero-order valence-corrected chi connectivity index (χ0v) is 12.3. The van der Waals surface area contributed by atoms with Crippen LogP contribution < -0.4 is 0 Å². The van der Waals surface area contributed by atoms with Crippen molar-refractivity contribution in [3.63, 3.8) is 0 Å². The van der Waals surface area contributed by atoms with Crippen LogP contribution in [0.1, 0.15) is 37.7 Å². The van der Waals surface area contributed by atoms with E-state index < -0.39 is 6.10 Å². The molecular weight excluding hydrogens is 266 g/mol. The standard InChI is InChI=1S/C17H23NO3/c19-15-10-4-8-14-9-5-11-18(16(14)15)17(20)21-12-13-6-2-1-3-7-13/h1-3,6-7,14-16,19H,4-5,8-12H2. The van der Waals surface area contributed by atoms with Crippen molar-refractivity contribution in [2.75, 3.05) is 6.54 Å². The van der Waals surface area contributed by atoms with Crippen LogP contribution in [0.25, 0.3) is 0 Å². The van der Waals surface area contributed by atoms with Crippen LogP contribution in [0.15, 0.2) is 30.3 Å². The van der Waals surface area contributed by atoms with Crippen molar-refractivity contribution in [1.82, 2.24) is 4.90 Å². The van der Waals surface area contributed by atoms with E-state index in [2.05, 4.69) is 0 Å². The van der Waals surface area contributed by atoms with Gasteiger partial charge in [-0.1, -0.05) is 36.8 Å². The summed E-state index contributed by atoms with van der Waals surface area (Å²) in [5.74, 6) is 0.437. The van der Waals surface area contributed by atoms with Crippen LogP contribution in [0.3, 0.4) is 0 Å². The van der Waals surface area contributed by atoms with E-state index in [1.165, 1.54) is 0 Å². The number of likely N-dealkylation sites (tertiary alicyclic amines) is 1. The molecule has 1 aromatic rings. The lowest BCUT2D eigenvalue weighted by molar-refractivity contribution is -0.0347. The summed E-state index contributed by atoms with van der Waals surface area (Å²) in [6.45, 7) is 0.996. The fraction of sp³-hybridized carbons (Fsp3) is 0.588. The highest BCUT2D eigenvalue weighted by molar-refractivity contribution is 5.68. The van der Waals surface area contributed by atoms with E-state index in [4.69, 9.17) is 4.74 Å². The highest BCUT2D eigenvalue weighted by Gasteiger charge is 2.41. The Morgan fingerprint density at radius 2 is 1.95 bits per heavy atom. The van der Waals surface area contributed by atoms with Crippen LogP contribution in [0.5, 0.6) is 0 Å². The summed E-state index contributed by atoms with van der Waals surface area (Å²) >= 11 is 0. The Bertz CT molecular complexity index is 474. The molecule has 1 saturated carbocycles. The second kappa shape index (κ2) is 6.48. The molecule has 3 atom stereocenters. The van der Waals surface area contributed by atoms with Crippen molar-refractivity contribution in [3.8, 4) is 0 Å². The molecule has 3 unspecified atom stereocenters. The molecule has 0 spiro atoms. The Hall–Kier alpha value is -1.55. The lowest BCUT2D eigenvalue weighted by atomic mass is 9.77. The van der Waals surface area contributed by atoms with E-state index in [1.54, 1.807) is 4.90 Å². The average molecular weight is 289 g/mol. The van der Waals surface area contributed by atoms with E-state index in [0.29, 0.717) is 19.1 Å². The van der Waals surface area contributed by atoms with Crippen molar-refractivity contribution in [2.24, 2.45) is 5.92 Å². The number of piperidine rings is 1. The molecular formula is C17H23NO3.